The first kappa shape index (κ1) is 15.4. The Kier molecular flexibility index (Phi) is 4.23. The highest BCUT2D eigenvalue weighted by Gasteiger charge is 2.24. The largest absolute Gasteiger partial charge is 0.449 e. The molecule has 0 radical (unpaired) electrons. The third-order valence-corrected chi connectivity index (χ3v) is 3.39. The lowest BCUT2D eigenvalue weighted by Crippen LogP contribution is -2.34. The van der Waals surface area contributed by atoms with Crippen molar-refractivity contribution in [3.8, 4) is 0 Å². The van der Waals surface area contributed by atoms with E-state index in [1.807, 2.05) is 0 Å². The van der Waals surface area contributed by atoms with Crippen molar-refractivity contribution in [3.63, 3.8) is 0 Å². The number of carbonyl (C=O) groups is 2. The Hall–Kier alpha value is -2.01. The van der Waals surface area contributed by atoms with Gasteiger partial charge in [0.05, 0.1) is 0 Å². The van der Waals surface area contributed by atoms with Crippen LogP contribution in [0.4, 0.5) is 0 Å². The smallest absolute Gasteiger partial charge is 0.375 e. The normalized spacial score (nSPS) is 12.2. The zero-order valence-corrected chi connectivity index (χ0v) is 13.0. The van der Waals surface area contributed by atoms with Crippen molar-refractivity contribution in [2.24, 2.45) is 0 Å². The Morgan fingerprint density at radius 3 is 2.62 bits per heavy atom. The quantitative estimate of drug-likeness (QED) is 0.818. The van der Waals surface area contributed by atoms with Crippen molar-refractivity contribution in [1.29, 1.82) is 0 Å². The summed E-state index contributed by atoms with van der Waals surface area (Å²) in [5.74, 6) is -0.867. The van der Waals surface area contributed by atoms with Crippen LogP contribution in [0.1, 0.15) is 23.0 Å². The number of ether oxygens (including phenoxy) is 1. The molecule has 2 rings (SSSR count). The van der Waals surface area contributed by atoms with E-state index in [1.165, 1.54) is 11.8 Å². The van der Waals surface area contributed by atoms with Crippen LogP contribution in [-0.4, -0.2) is 37.0 Å². The zero-order valence-electron chi connectivity index (χ0n) is 12.3. The predicted octanol–water partition coefficient (Wildman–Crippen LogP) is 3.03. The van der Waals surface area contributed by atoms with Crippen molar-refractivity contribution in [2.45, 2.75) is 20.0 Å². The summed E-state index contributed by atoms with van der Waals surface area (Å²) < 4.78 is 10.6. The summed E-state index contributed by atoms with van der Waals surface area (Å²) in [5, 5.41) is 1.31. The van der Waals surface area contributed by atoms with Crippen LogP contribution in [0.25, 0.3) is 11.0 Å². The van der Waals surface area contributed by atoms with Gasteiger partial charge in [0.1, 0.15) is 5.58 Å². The minimum Gasteiger partial charge on any atom is -0.449 e. The first-order valence-corrected chi connectivity index (χ1v) is 6.80. The molecule has 5 nitrogen and oxygen atoms in total. The van der Waals surface area contributed by atoms with Crippen LogP contribution in [0.2, 0.25) is 5.02 Å². The lowest BCUT2D eigenvalue weighted by Gasteiger charge is -2.16. The van der Waals surface area contributed by atoms with E-state index < -0.39 is 12.1 Å². The van der Waals surface area contributed by atoms with E-state index in [0.717, 1.165) is 5.39 Å². The van der Waals surface area contributed by atoms with Crippen LogP contribution < -0.4 is 0 Å². The summed E-state index contributed by atoms with van der Waals surface area (Å²) in [7, 11) is 3.20. The van der Waals surface area contributed by atoms with Crippen LogP contribution in [0.5, 0.6) is 0 Å². The number of aryl methyl sites for hydroxylation is 1. The number of halogens is 1. The topological polar surface area (TPSA) is 59.8 Å². The Morgan fingerprint density at radius 1 is 1.33 bits per heavy atom. The predicted molar refractivity (Wildman–Crippen MR) is 79.5 cm³/mol. The molecule has 0 fully saturated rings. The van der Waals surface area contributed by atoms with Crippen molar-refractivity contribution in [3.05, 3.63) is 34.5 Å². The Labute approximate surface area is 127 Å². The van der Waals surface area contributed by atoms with Crippen molar-refractivity contribution in [1.82, 2.24) is 4.90 Å². The van der Waals surface area contributed by atoms with Gasteiger partial charge in [0.2, 0.25) is 5.76 Å². The molecule has 0 N–H and O–H groups in total. The summed E-state index contributed by atoms with van der Waals surface area (Å²) in [6, 6.07) is 5.09. The number of hydrogen-bond acceptors (Lipinski definition) is 4. The van der Waals surface area contributed by atoms with E-state index in [0.29, 0.717) is 16.2 Å². The molecule has 112 valence electrons. The van der Waals surface area contributed by atoms with Gasteiger partial charge in [0.15, 0.2) is 6.10 Å². The monoisotopic (exact) mass is 309 g/mol. The number of benzene rings is 1. The maximum Gasteiger partial charge on any atom is 0.375 e. The van der Waals surface area contributed by atoms with E-state index in [4.69, 9.17) is 20.8 Å². The van der Waals surface area contributed by atoms with Crippen LogP contribution >= 0.6 is 11.6 Å². The molecule has 0 aliphatic heterocycles. The lowest BCUT2D eigenvalue weighted by atomic mass is 10.1. The van der Waals surface area contributed by atoms with E-state index in [-0.39, 0.29) is 11.7 Å². The standard InChI is InChI=1S/C15H16ClNO4/c1-8-11-7-10(16)5-6-12(11)21-13(8)15(19)20-9(2)14(18)17(3)4/h5-7,9H,1-4H3/t9-/m0/s1. The second-order valence-electron chi connectivity index (χ2n) is 4.98. The number of rotatable bonds is 3. The second kappa shape index (κ2) is 5.77. The van der Waals surface area contributed by atoms with Crippen molar-refractivity contribution >= 4 is 34.4 Å². The Morgan fingerprint density at radius 2 is 2.00 bits per heavy atom. The molecular weight excluding hydrogens is 294 g/mol. The second-order valence-corrected chi connectivity index (χ2v) is 5.41. The molecule has 1 aromatic carbocycles. The molecule has 1 heterocycles. The number of esters is 1. The van der Waals surface area contributed by atoms with E-state index in [1.54, 1.807) is 39.2 Å². The SMILES string of the molecule is Cc1c(C(=O)O[C@@H](C)C(=O)N(C)C)oc2ccc(Cl)cc12. The fraction of sp³-hybridized carbons (Fsp3) is 0.333. The number of amides is 1. The highest BCUT2D eigenvalue weighted by molar-refractivity contribution is 6.31. The van der Waals surface area contributed by atoms with Gasteiger partial charge in [-0.2, -0.15) is 0 Å². The highest BCUT2D eigenvalue weighted by Crippen LogP contribution is 2.28. The molecule has 0 bridgehead atoms. The molecule has 21 heavy (non-hydrogen) atoms. The molecule has 1 aromatic heterocycles. The summed E-state index contributed by atoms with van der Waals surface area (Å²) in [5.41, 5.74) is 1.19. The van der Waals surface area contributed by atoms with Gasteiger partial charge < -0.3 is 14.1 Å². The number of furan rings is 1. The van der Waals surface area contributed by atoms with Gasteiger partial charge in [-0.05, 0) is 32.0 Å². The van der Waals surface area contributed by atoms with Gasteiger partial charge in [-0.25, -0.2) is 4.79 Å². The molecule has 0 saturated carbocycles. The lowest BCUT2D eigenvalue weighted by molar-refractivity contribution is -0.137. The number of nitrogens with zero attached hydrogens (tertiary/aromatic N) is 1. The molecule has 0 unspecified atom stereocenters. The molecule has 2 aromatic rings. The molecule has 1 amide bonds. The minimum absolute atomic E-state index is 0.0886. The van der Waals surface area contributed by atoms with Gasteiger partial charge in [-0.15, -0.1) is 0 Å². The summed E-state index contributed by atoms with van der Waals surface area (Å²) in [6.45, 7) is 3.27. The summed E-state index contributed by atoms with van der Waals surface area (Å²) >= 11 is 5.93. The number of likely N-dealkylation sites (N-methyl/N-ethyl adjacent to an activating group) is 1. The van der Waals surface area contributed by atoms with Gasteiger partial charge in [-0.3, -0.25) is 4.79 Å². The first-order valence-electron chi connectivity index (χ1n) is 6.42. The van der Waals surface area contributed by atoms with Gasteiger partial charge in [-0.1, -0.05) is 11.6 Å². The van der Waals surface area contributed by atoms with Gasteiger partial charge in [0.25, 0.3) is 5.91 Å². The molecule has 0 aliphatic carbocycles. The third-order valence-electron chi connectivity index (χ3n) is 3.16. The van der Waals surface area contributed by atoms with Gasteiger partial charge >= 0.3 is 5.97 Å². The molecule has 6 heteroatoms. The Bertz CT molecular complexity index is 705. The fourth-order valence-corrected chi connectivity index (χ4v) is 2.19. The van der Waals surface area contributed by atoms with Gasteiger partial charge in [0, 0.05) is 30.1 Å². The molecule has 1 atom stereocenters. The maximum absolute atomic E-state index is 12.1. The maximum atomic E-state index is 12.1. The number of fused-ring (bicyclic) bond motifs is 1. The van der Waals surface area contributed by atoms with Crippen LogP contribution in [-0.2, 0) is 9.53 Å². The molecule has 0 saturated heterocycles. The van der Waals surface area contributed by atoms with Crippen molar-refractivity contribution in [2.75, 3.05) is 14.1 Å². The van der Waals surface area contributed by atoms with Crippen LogP contribution in [0.3, 0.4) is 0 Å². The van der Waals surface area contributed by atoms with E-state index in [9.17, 15) is 9.59 Å². The van der Waals surface area contributed by atoms with E-state index >= 15 is 0 Å². The number of hydrogen-bond donors (Lipinski definition) is 0. The molecular formula is C15H16ClNO4. The minimum atomic E-state index is -0.872. The molecule has 0 spiro atoms. The molecule has 0 aliphatic rings. The average Bonchev–Trinajstić information content (AvgIpc) is 2.75. The highest BCUT2D eigenvalue weighted by atomic mass is 35.5. The third kappa shape index (κ3) is 3.03. The van der Waals surface area contributed by atoms with Crippen LogP contribution in [0, 0.1) is 6.92 Å². The zero-order chi connectivity index (χ0) is 15.7. The fourth-order valence-electron chi connectivity index (χ4n) is 2.02. The van der Waals surface area contributed by atoms with Crippen LogP contribution in [0.15, 0.2) is 22.6 Å². The van der Waals surface area contributed by atoms with E-state index in [2.05, 4.69) is 0 Å². The average molecular weight is 310 g/mol. The number of carbonyl (C=O) groups excluding carboxylic acids is 2. The summed E-state index contributed by atoms with van der Waals surface area (Å²) in [4.78, 5) is 25.2. The Balaban J connectivity index is 2.28. The first-order chi connectivity index (χ1) is 9.81. The van der Waals surface area contributed by atoms with Crippen molar-refractivity contribution < 1.29 is 18.7 Å². The summed E-state index contributed by atoms with van der Waals surface area (Å²) in [6.07, 6.45) is -0.872.